The molecule has 1 amide bonds. The van der Waals surface area contributed by atoms with Crippen LogP contribution in [0, 0.1) is 0 Å². The fraction of sp³-hybridized carbons (Fsp3) is 0.316. The van der Waals surface area contributed by atoms with Gasteiger partial charge in [0.25, 0.3) is 5.91 Å². The highest BCUT2D eigenvalue weighted by Crippen LogP contribution is 2.24. The van der Waals surface area contributed by atoms with E-state index in [0.29, 0.717) is 19.5 Å². The number of nitrogens with zero attached hydrogens (tertiary/aromatic N) is 1. The second-order valence-corrected chi connectivity index (χ2v) is 6.27. The molecule has 0 bridgehead atoms. The molecule has 0 spiro atoms. The van der Waals surface area contributed by atoms with Crippen LogP contribution in [0.4, 0.5) is 0 Å². The Hall–Kier alpha value is -2.17. The predicted octanol–water partition coefficient (Wildman–Crippen LogP) is 2.17. The molecule has 4 nitrogen and oxygen atoms in total. The normalized spacial score (nSPS) is 22.0. The molecule has 0 radical (unpaired) electrons. The van der Waals surface area contributed by atoms with Gasteiger partial charge in [-0.05, 0) is 36.1 Å². The zero-order chi connectivity index (χ0) is 16.3. The smallest absolute Gasteiger partial charge is 0.250 e. The van der Waals surface area contributed by atoms with E-state index in [1.54, 1.807) is 0 Å². The highest BCUT2D eigenvalue weighted by atomic mass is 16.3. The number of rotatable bonds is 4. The quantitative estimate of drug-likeness (QED) is 0.909. The van der Waals surface area contributed by atoms with Crippen molar-refractivity contribution in [1.82, 2.24) is 4.90 Å². The lowest BCUT2D eigenvalue weighted by Gasteiger charge is -2.37. The lowest BCUT2D eigenvalue weighted by molar-refractivity contribution is -0.142. The van der Waals surface area contributed by atoms with Crippen molar-refractivity contribution >= 4 is 5.91 Å². The van der Waals surface area contributed by atoms with Crippen molar-refractivity contribution in [2.75, 3.05) is 13.1 Å². The summed E-state index contributed by atoms with van der Waals surface area (Å²) < 4.78 is 0. The van der Waals surface area contributed by atoms with Crippen molar-refractivity contribution in [3.63, 3.8) is 0 Å². The van der Waals surface area contributed by atoms with Crippen LogP contribution in [0.2, 0.25) is 0 Å². The van der Waals surface area contributed by atoms with Crippen molar-refractivity contribution in [2.24, 2.45) is 5.73 Å². The highest BCUT2D eigenvalue weighted by molar-refractivity contribution is 5.83. The van der Waals surface area contributed by atoms with E-state index in [1.165, 1.54) is 16.7 Å². The standard InChI is InChI=1S/C19H22N2O2/c20-18(22)19(23)11-4-12-21(14-19)13-15-7-9-17(10-8-15)16-5-2-1-3-6-16/h1-3,5-10,23H,4,11-14H2,(H2,20,22)/t19-/m0/s1. The number of carbonyl (C=O) groups is 1. The average Bonchev–Trinajstić information content (AvgIpc) is 2.56. The summed E-state index contributed by atoms with van der Waals surface area (Å²) in [6.45, 7) is 1.89. The maximum atomic E-state index is 11.4. The molecule has 1 heterocycles. The highest BCUT2D eigenvalue weighted by Gasteiger charge is 2.38. The van der Waals surface area contributed by atoms with Crippen LogP contribution in [0.15, 0.2) is 54.6 Å². The van der Waals surface area contributed by atoms with Crippen molar-refractivity contribution in [1.29, 1.82) is 0 Å². The topological polar surface area (TPSA) is 66.6 Å². The number of likely N-dealkylation sites (tertiary alicyclic amines) is 1. The monoisotopic (exact) mass is 310 g/mol. The van der Waals surface area contributed by atoms with Crippen LogP contribution in [0.1, 0.15) is 18.4 Å². The van der Waals surface area contributed by atoms with Gasteiger partial charge in [0.05, 0.1) is 0 Å². The minimum atomic E-state index is -1.39. The van der Waals surface area contributed by atoms with Gasteiger partial charge < -0.3 is 10.8 Å². The van der Waals surface area contributed by atoms with Crippen LogP contribution >= 0.6 is 0 Å². The largest absolute Gasteiger partial charge is 0.379 e. The summed E-state index contributed by atoms with van der Waals surface area (Å²) in [5.74, 6) is -0.623. The number of piperidine rings is 1. The molecule has 1 atom stereocenters. The third-order valence-corrected chi connectivity index (χ3v) is 4.48. The van der Waals surface area contributed by atoms with Gasteiger partial charge in [-0.25, -0.2) is 0 Å². The first kappa shape index (κ1) is 15.7. The Morgan fingerprint density at radius 1 is 1.09 bits per heavy atom. The van der Waals surface area contributed by atoms with E-state index in [4.69, 9.17) is 5.73 Å². The van der Waals surface area contributed by atoms with Crippen LogP contribution in [-0.4, -0.2) is 34.6 Å². The summed E-state index contributed by atoms with van der Waals surface area (Å²) in [6.07, 6.45) is 1.23. The number of aliphatic hydroxyl groups is 1. The van der Waals surface area contributed by atoms with Gasteiger partial charge in [0.1, 0.15) is 0 Å². The Balaban J connectivity index is 1.68. The second-order valence-electron chi connectivity index (χ2n) is 6.27. The van der Waals surface area contributed by atoms with Gasteiger partial charge in [-0.15, -0.1) is 0 Å². The summed E-state index contributed by atoms with van der Waals surface area (Å²) in [6, 6.07) is 18.7. The van der Waals surface area contributed by atoms with E-state index in [0.717, 1.165) is 13.0 Å². The molecular formula is C19H22N2O2. The molecule has 1 saturated heterocycles. The number of primary amides is 1. The zero-order valence-electron chi connectivity index (χ0n) is 13.1. The molecule has 0 unspecified atom stereocenters. The molecule has 120 valence electrons. The van der Waals surface area contributed by atoms with Crippen molar-refractivity contribution < 1.29 is 9.90 Å². The first-order chi connectivity index (χ1) is 11.1. The molecule has 4 heteroatoms. The first-order valence-electron chi connectivity index (χ1n) is 7.96. The summed E-state index contributed by atoms with van der Waals surface area (Å²) in [5.41, 5.74) is 7.48. The van der Waals surface area contributed by atoms with Gasteiger partial charge in [0.2, 0.25) is 0 Å². The Labute approximate surface area is 136 Å². The Morgan fingerprint density at radius 3 is 2.39 bits per heavy atom. The van der Waals surface area contributed by atoms with E-state index in [2.05, 4.69) is 41.3 Å². The maximum Gasteiger partial charge on any atom is 0.250 e. The molecule has 23 heavy (non-hydrogen) atoms. The van der Waals surface area contributed by atoms with E-state index in [9.17, 15) is 9.90 Å². The summed E-state index contributed by atoms with van der Waals surface area (Å²) in [7, 11) is 0. The van der Waals surface area contributed by atoms with Gasteiger partial charge in [-0.1, -0.05) is 54.6 Å². The lowest BCUT2D eigenvalue weighted by Crippen LogP contribution is -2.55. The van der Waals surface area contributed by atoms with Gasteiger partial charge in [-0.3, -0.25) is 9.69 Å². The number of carbonyl (C=O) groups excluding carboxylic acids is 1. The van der Waals surface area contributed by atoms with Crippen LogP contribution in [0.3, 0.4) is 0 Å². The summed E-state index contributed by atoms with van der Waals surface area (Å²) >= 11 is 0. The summed E-state index contributed by atoms with van der Waals surface area (Å²) in [4.78, 5) is 13.5. The molecule has 0 saturated carbocycles. The minimum absolute atomic E-state index is 0.308. The maximum absolute atomic E-state index is 11.4. The lowest BCUT2D eigenvalue weighted by atomic mass is 9.92. The number of hydrogen-bond donors (Lipinski definition) is 2. The van der Waals surface area contributed by atoms with Crippen LogP contribution in [-0.2, 0) is 11.3 Å². The molecule has 1 fully saturated rings. The van der Waals surface area contributed by atoms with Crippen LogP contribution < -0.4 is 5.73 Å². The van der Waals surface area contributed by atoms with Crippen molar-refractivity contribution in [3.05, 3.63) is 60.2 Å². The van der Waals surface area contributed by atoms with Crippen LogP contribution in [0.25, 0.3) is 11.1 Å². The number of amides is 1. The van der Waals surface area contributed by atoms with Crippen molar-refractivity contribution in [3.8, 4) is 11.1 Å². The molecule has 2 aromatic carbocycles. The number of β-amino-alcohol motifs (C(OH)–C–C–N with tert-alkyl or cyclic N) is 1. The van der Waals surface area contributed by atoms with E-state index >= 15 is 0 Å². The molecule has 0 aromatic heterocycles. The van der Waals surface area contributed by atoms with Crippen LogP contribution in [0.5, 0.6) is 0 Å². The SMILES string of the molecule is NC(=O)[C@]1(O)CCCN(Cc2ccc(-c3ccccc3)cc2)C1. The van der Waals surface area contributed by atoms with Crippen molar-refractivity contribution in [2.45, 2.75) is 25.0 Å². The Kier molecular flexibility index (Phi) is 4.46. The second kappa shape index (κ2) is 6.52. The third kappa shape index (κ3) is 3.60. The van der Waals surface area contributed by atoms with Gasteiger partial charge in [0, 0.05) is 13.1 Å². The summed E-state index contributed by atoms with van der Waals surface area (Å²) in [5, 5.41) is 10.3. The minimum Gasteiger partial charge on any atom is -0.379 e. The van der Waals surface area contributed by atoms with Gasteiger partial charge in [0.15, 0.2) is 5.60 Å². The molecular weight excluding hydrogens is 288 g/mol. The average molecular weight is 310 g/mol. The van der Waals surface area contributed by atoms with E-state index in [-0.39, 0.29) is 0 Å². The molecule has 2 aromatic rings. The molecule has 1 aliphatic heterocycles. The van der Waals surface area contributed by atoms with Gasteiger partial charge in [-0.2, -0.15) is 0 Å². The fourth-order valence-electron chi connectivity index (χ4n) is 3.15. The first-order valence-corrected chi connectivity index (χ1v) is 7.96. The molecule has 0 aliphatic carbocycles. The third-order valence-electron chi connectivity index (χ3n) is 4.48. The Bertz CT molecular complexity index is 670. The predicted molar refractivity (Wildman–Crippen MR) is 90.5 cm³/mol. The number of hydrogen-bond acceptors (Lipinski definition) is 3. The van der Waals surface area contributed by atoms with Gasteiger partial charge >= 0.3 is 0 Å². The van der Waals surface area contributed by atoms with E-state index < -0.39 is 11.5 Å². The van der Waals surface area contributed by atoms with E-state index in [1.807, 2.05) is 18.2 Å². The molecule has 3 N–H and O–H groups in total. The number of benzene rings is 2. The fourth-order valence-corrected chi connectivity index (χ4v) is 3.15. The molecule has 1 aliphatic rings. The Morgan fingerprint density at radius 2 is 1.74 bits per heavy atom. The zero-order valence-corrected chi connectivity index (χ0v) is 13.1. The number of nitrogens with two attached hydrogens (primary N) is 1. The molecule has 3 rings (SSSR count).